The molecule has 0 aliphatic rings. The number of carboxylic acids is 1. The third-order valence-electron chi connectivity index (χ3n) is 6.10. The van der Waals surface area contributed by atoms with Crippen LogP contribution >= 0.6 is 0 Å². The molecule has 3 aromatic carbocycles. The first-order valence-electron chi connectivity index (χ1n) is 10.7. The summed E-state index contributed by atoms with van der Waals surface area (Å²) in [5.74, 6) is -2.01. The Labute approximate surface area is 195 Å². The smallest absolute Gasteiger partial charge is 0.335 e. The fourth-order valence-electron chi connectivity index (χ4n) is 4.40. The van der Waals surface area contributed by atoms with Gasteiger partial charge in [0.2, 0.25) is 0 Å². The molecule has 4 aromatic rings. The third kappa shape index (κ3) is 3.67. The molecule has 7 heteroatoms. The molecule has 0 atom stereocenters. The quantitative estimate of drug-likeness (QED) is 0.340. The van der Waals surface area contributed by atoms with Crippen LogP contribution in [-0.2, 0) is 5.41 Å². The van der Waals surface area contributed by atoms with E-state index >= 15 is 0 Å². The minimum Gasteiger partial charge on any atom is -0.478 e. The van der Waals surface area contributed by atoms with Crippen LogP contribution in [0.25, 0.3) is 27.7 Å². The molecule has 5 nitrogen and oxygen atoms in total. The summed E-state index contributed by atoms with van der Waals surface area (Å²) in [5, 5.41) is 19.5. The number of nitrogens with zero attached hydrogens (tertiary/aromatic N) is 2. The molecule has 34 heavy (non-hydrogen) atoms. The Kier molecular flexibility index (Phi) is 5.62. The lowest BCUT2D eigenvalue weighted by Crippen LogP contribution is -2.22. The van der Waals surface area contributed by atoms with Crippen LogP contribution in [0.4, 0.5) is 14.5 Å². The second kappa shape index (κ2) is 8.31. The van der Waals surface area contributed by atoms with Crippen molar-refractivity contribution in [3.8, 4) is 22.9 Å². The molecule has 0 amide bonds. The molecular weight excluding hydrogens is 436 g/mol. The van der Waals surface area contributed by atoms with Crippen molar-refractivity contribution in [2.45, 2.75) is 32.6 Å². The molecule has 172 valence electrons. The first kappa shape index (κ1) is 23.0. The van der Waals surface area contributed by atoms with Gasteiger partial charge in [-0.05, 0) is 66.6 Å². The zero-order valence-electron chi connectivity index (χ0n) is 19.0. The Bertz CT molecular complexity index is 1480. The number of fused-ring (bicyclic) bond motifs is 1. The minimum atomic E-state index is -1.07. The lowest BCUT2D eigenvalue weighted by molar-refractivity contribution is 0.0697. The van der Waals surface area contributed by atoms with Gasteiger partial charge in [0.05, 0.1) is 22.8 Å². The van der Waals surface area contributed by atoms with Crippen LogP contribution in [-0.4, -0.2) is 15.6 Å². The topological polar surface area (TPSA) is 92.0 Å². The standard InChI is InChI=1S/C27H23F2N3O2/c1-15-14-17(6-10-20(15)28)22-19-9-11-21(29)23(31)24(19)32(25(22)27(2,3)12-13-30)18-7-4-16(5-8-18)26(33)34/h4-11,14H,12,31H2,1-3H3,(H,33,34). The average molecular weight is 459 g/mol. The van der Waals surface area contributed by atoms with Crippen molar-refractivity contribution in [1.82, 2.24) is 4.57 Å². The molecule has 3 N–H and O–H groups in total. The van der Waals surface area contributed by atoms with Gasteiger partial charge in [-0.25, -0.2) is 13.6 Å². The summed E-state index contributed by atoms with van der Waals surface area (Å²) in [7, 11) is 0. The van der Waals surface area contributed by atoms with Gasteiger partial charge in [-0.2, -0.15) is 5.26 Å². The molecule has 0 aliphatic heterocycles. The van der Waals surface area contributed by atoms with Gasteiger partial charge in [0.1, 0.15) is 11.6 Å². The average Bonchev–Trinajstić information content (AvgIpc) is 3.15. The number of carboxylic acid groups (broad SMARTS) is 1. The summed E-state index contributed by atoms with van der Waals surface area (Å²) in [6.07, 6.45) is 0.145. The number of rotatable bonds is 5. The van der Waals surface area contributed by atoms with Crippen LogP contribution in [0.5, 0.6) is 0 Å². The number of aryl methyl sites for hydroxylation is 1. The molecule has 1 aromatic heterocycles. The van der Waals surface area contributed by atoms with E-state index in [1.54, 1.807) is 41.8 Å². The van der Waals surface area contributed by atoms with Crippen molar-refractivity contribution in [2.24, 2.45) is 0 Å². The molecule has 0 saturated carbocycles. The number of carbonyl (C=O) groups is 1. The highest BCUT2D eigenvalue weighted by Gasteiger charge is 2.33. The number of nitrogens with two attached hydrogens (primary N) is 1. The summed E-state index contributed by atoms with van der Waals surface area (Å²) in [5.41, 5.74) is 9.09. The van der Waals surface area contributed by atoms with Crippen molar-refractivity contribution in [1.29, 1.82) is 5.26 Å². The highest BCUT2D eigenvalue weighted by molar-refractivity contribution is 6.05. The highest BCUT2D eigenvalue weighted by Crippen LogP contribution is 2.46. The van der Waals surface area contributed by atoms with Gasteiger partial charge in [-0.15, -0.1) is 0 Å². The van der Waals surface area contributed by atoms with Gasteiger partial charge in [-0.1, -0.05) is 19.9 Å². The summed E-state index contributed by atoms with van der Waals surface area (Å²) in [6.45, 7) is 5.47. The van der Waals surface area contributed by atoms with Crippen LogP contribution in [0.3, 0.4) is 0 Å². The van der Waals surface area contributed by atoms with Gasteiger partial charge in [0.15, 0.2) is 0 Å². The zero-order valence-corrected chi connectivity index (χ0v) is 19.0. The molecule has 0 radical (unpaired) electrons. The first-order chi connectivity index (χ1) is 16.1. The van der Waals surface area contributed by atoms with Gasteiger partial charge in [0.25, 0.3) is 0 Å². The highest BCUT2D eigenvalue weighted by atomic mass is 19.1. The predicted molar refractivity (Wildman–Crippen MR) is 128 cm³/mol. The lowest BCUT2D eigenvalue weighted by Gasteiger charge is -2.27. The third-order valence-corrected chi connectivity index (χ3v) is 6.10. The van der Waals surface area contributed by atoms with E-state index in [9.17, 15) is 23.9 Å². The second-order valence-corrected chi connectivity index (χ2v) is 8.95. The minimum absolute atomic E-state index is 0.0705. The molecule has 0 fully saturated rings. The Morgan fingerprint density at radius 3 is 2.32 bits per heavy atom. The summed E-state index contributed by atoms with van der Waals surface area (Å²) in [4.78, 5) is 11.4. The number of anilines is 1. The van der Waals surface area contributed by atoms with Crippen molar-refractivity contribution >= 4 is 22.6 Å². The van der Waals surface area contributed by atoms with E-state index in [1.807, 2.05) is 13.8 Å². The van der Waals surface area contributed by atoms with Gasteiger partial charge < -0.3 is 15.4 Å². The maximum absolute atomic E-state index is 14.7. The largest absolute Gasteiger partial charge is 0.478 e. The molecule has 4 rings (SSSR count). The zero-order chi connectivity index (χ0) is 24.8. The van der Waals surface area contributed by atoms with Crippen LogP contribution in [0.15, 0.2) is 54.6 Å². The van der Waals surface area contributed by atoms with Crippen molar-refractivity contribution in [3.63, 3.8) is 0 Å². The van der Waals surface area contributed by atoms with Crippen LogP contribution < -0.4 is 5.73 Å². The van der Waals surface area contributed by atoms with Crippen molar-refractivity contribution < 1.29 is 18.7 Å². The predicted octanol–water partition coefficient (Wildman–Crippen LogP) is 6.36. The van der Waals surface area contributed by atoms with E-state index in [1.165, 1.54) is 24.3 Å². The Hall–Kier alpha value is -4.18. The van der Waals surface area contributed by atoms with Crippen LogP contribution in [0, 0.1) is 29.9 Å². The van der Waals surface area contributed by atoms with Crippen LogP contribution in [0.1, 0.15) is 41.9 Å². The number of halogens is 2. The fraction of sp³-hybridized carbons (Fsp3) is 0.185. The molecule has 0 unspecified atom stereocenters. The van der Waals surface area contributed by atoms with Crippen molar-refractivity contribution in [2.75, 3.05) is 5.73 Å². The lowest BCUT2D eigenvalue weighted by atomic mass is 9.81. The molecule has 0 aliphatic carbocycles. The summed E-state index contributed by atoms with van der Waals surface area (Å²) in [6, 6.07) is 16.1. The van der Waals surface area contributed by atoms with E-state index in [0.29, 0.717) is 39.0 Å². The van der Waals surface area contributed by atoms with Crippen LogP contribution in [0.2, 0.25) is 0 Å². The van der Waals surface area contributed by atoms with E-state index in [0.717, 1.165) is 0 Å². The van der Waals surface area contributed by atoms with E-state index in [2.05, 4.69) is 6.07 Å². The summed E-state index contributed by atoms with van der Waals surface area (Å²) < 4.78 is 30.6. The van der Waals surface area contributed by atoms with E-state index < -0.39 is 17.2 Å². The molecule has 0 spiro atoms. The number of hydrogen-bond donors (Lipinski definition) is 2. The fourth-order valence-corrected chi connectivity index (χ4v) is 4.40. The van der Waals surface area contributed by atoms with Gasteiger partial charge in [-0.3, -0.25) is 0 Å². The number of benzene rings is 3. The monoisotopic (exact) mass is 459 g/mol. The summed E-state index contributed by atoms with van der Waals surface area (Å²) >= 11 is 0. The number of aromatic carboxylic acids is 1. The Morgan fingerprint density at radius 1 is 1.09 bits per heavy atom. The molecule has 0 saturated heterocycles. The molecule has 1 heterocycles. The Balaban J connectivity index is 2.21. The van der Waals surface area contributed by atoms with Crippen molar-refractivity contribution in [3.05, 3.63) is 83.1 Å². The second-order valence-electron chi connectivity index (χ2n) is 8.95. The van der Waals surface area contributed by atoms with Gasteiger partial charge >= 0.3 is 5.97 Å². The van der Waals surface area contributed by atoms with E-state index in [4.69, 9.17) is 5.73 Å². The maximum atomic E-state index is 14.7. The normalized spacial score (nSPS) is 11.5. The SMILES string of the molecule is Cc1cc(-c2c(C(C)(C)CC#N)n(-c3ccc(C(=O)O)cc3)c3c(N)c(F)ccc23)ccc1F. The molecular formula is C27H23F2N3O2. The number of nitriles is 1. The number of nitrogen functional groups attached to an aromatic ring is 1. The number of hydrogen-bond acceptors (Lipinski definition) is 3. The maximum Gasteiger partial charge on any atom is 0.335 e. The number of aromatic nitrogens is 1. The first-order valence-corrected chi connectivity index (χ1v) is 10.7. The van der Waals surface area contributed by atoms with E-state index in [-0.39, 0.29) is 23.5 Å². The molecule has 0 bridgehead atoms. The Morgan fingerprint density at radius 2 is 1.74 bits per heavy atom. The van der Waals surface area contributed by atoms with Gasteiger partial charge in [0, 0.05) is 34.2 Å².